The molecule has 98 valence electrons. The summed E-state index contributed by atoms with van der Waals surface area (Å²) in [6, 6.07) is 6.29. The van der Waals surface area contributed by atoms with Crippen molar-refractivity contribution in [3.8, 4) is 12.1 Å². The molecule has 7 nitrogen and oxygen atoms in total. The van der Waals surface area contributed by atoms with Crippen molar-refractivity contribution in [3.63, 3.8) is 0 Å². The van der Waals surface area contributed by atoms with E-state index in [-0.39, 0.29) is 27.1 Å². The van der Waals surface area contributed by atoms with Gasteiger partial charge in [0.25, 0.3) is 0 Å². The molecule has 2 N–H and O–H groups in total. The van der Waals surface area contributed by atoms with Crippen LogP contribution >= 0.6 is 15.9 Å². The maximum absolute atomic E-state index is 13.5. The zero-order chi connectivity index (χ0) is 14.5. The van der Waals surface area contributed by atoms with Gasteiger partial charge < -0.3 is 5.32 Å². The summed E-state index contributed by atoms with van der Waals surface area (Å²) in [4.78, 5) is 0. The second kappa shape index (κ2) is 5.91. The summed E-state index contributed by atoms with van der Waals surface area (Å²) in [6.45, 7) is 0. The van der Waals surface area contributed by atoms with Crippen LogP contribution in [0.1, 0.15) is 11.4 Å². The SMILES string of the molecule is N#CC(=CNc1c(C#N)ccc(F)c1Br)c1nn[nH]n1. The third-order valence-corrected chi connectivity index (χ3v) is 3.06. The van der Waals surface area contributed by atoms with E-state index in [0.29, 0.717) is 0 Å². The van der Waals surface area contributed by atoms with Gasteiger partial charge in [0.1, 0.15) is 23.5 Å². The van der Waals surface area contributed by atoms with Crippen molar-refractivity contribution in [3.05, 3.63) is 40.0 Å². The van der Waals surface area contributed by atoms with E-state index >= 15 is 0 Å². The summed E-state index contributed by atoms with van der Waals surface area (Å²) in [7, 11) is 0. The standard InChI is InChI=1S/C11H5BrFN7/c12-9-8(13)2-1-6(3-14)10(9)16-5-7(4-15)11-17-19-20-18-11/h1-2,5,16H,(H,17,18,19,20). The van der Waals surface area contributed by atoms with E-state index in [0.717, 1.165) is 0 Å². The molecule has 0 saturated carbocycles. The average Bonchev–Trinajstić information content (AvgIpc) is 2.98. The first kappa shape index (κ1) is 13.6. The lowest BCUT2D eigenvalue weighted by molar-refractivity contribution is 0.621. The van der Waals surface area contributed by atoms with Gasteiger partial charge in [0.15, 0.2) is 0 Å². The Labute approximate surface area is 120 Å². The molecular weight excluding hydrogens is 329 g/mol. The summed E-state index contributed by atoms with van der Waals surface area (Å²) in [6.07, 6.45) is 1.27. The van der Waals surface area contributed by atoms with Gasteiger partial charge in [-0.3, -0.25) is 0 Å². The zero-order valence-corrected chi connectivity index (χ0v) is 11.3. The molecule has 2 rings (SSSR count). The molecule has 20 heavy (non-hydrogen) atoms. The molecule has 0 atom stereocenters. The predicted octanol–water partition coefficient (Wildman–Crippen LogP) is 1.95. The Hall–Kier alpha value is -2.78. The molecule has 0 spiro atoms. The fraction of sp³-hybridized carbons (Fsp3) is 0. The van der Waals surface area contributed by atoms with Crippen LogP contribution < -0.4 is 5.32 Å². The number of hydrogen-bond acceptors (Lipinski definition) is 6. The van der Waals surface area contributed by atoms with E-state index in [1.165, 1.54) is 18.3 Å². The first-order chi connectivity index (χ1) is 9.67. The number of nitrogens with zero attached hydrogens (tertiary/aromatic N) is 5. The van der Waals surface area contributed by atoms with Crippen molar-refractivity contribution in [2.45, 2.75) is 0 Å². The summed E-state index contributed by atoms with van der Waals surface area (Å²) < 4.78 is 13.5. The Kier molecular flexibility index (Phi) is 4.03. The molecule has 1 aromatic heterocycles. The number of benzene rings is 1. The van der Waals surface area contributed by atoms with Gasteiger partial charge in [-0.25, -0.2) is 4.39 Å². The Morgan fingerprint density at radius 1 is 1.45 bits per heavy atom. The van der Waals surface area contributed by atoms with Gasteiger partial charge in [-0.1, -0.05) is 0 Å². The van der Waals surface area contributed by atoms with Crippen LogP contribution in [0.3, 0.4) is 0 Å². The van der Waals surface area contributed by atoms with Gasteiger partial charge in [-0.2, -0.15) is 15.7 Å². The Morgan fingerprint density at radius 2 is 2.25 bits per heavy atom. The highest BCUT2D eigenvalue weighted by atomic mass is 79.9. The van der Waals surface area contributed by atoms with Crippen LogP contribution in [0.25, 0.3) is 5.57 Å². The van der Waals surface area contributed by atoms with E-state index in [2.05, 4.69) is 41.9 Å². The van der Waals surface area contributed by atoms with Crippen molar-refractivity contribution in [1.29, 1.82) is 10.5 Å². The Morgan fingerprint density at radius 3 is 2.85 bits per heavy atom. The fourth-order valence-electron chi connectivity index (χ4n) is 1.35. The number of aromatic amines is 1. The van der Waals surface area contributed by atoms with E-state index < -0.39 is 5.82 Å². The maximum atomic E-state index is 13.5. The first-order valence-corrected chi connectivity index (χ1v) is 5.95. The van der Waals surface area contributed by atoms with Crippen LogP contribution in [-0.4, -0.2) is 20.6 Å². The minimum atomic E-state index is -0.530. The molecule has 0 aliphatic carbocycles. The quantitative estimate of drug-likeness (QED) is 0.829. The van der Waals surface area contributed by atoms with Gasteiger partial charge in [0.05, 0.1) is 15.7 Å². The number of allylic oxidation sites excluding steroid dienone is 1. The molecule has 0 aliphatic rings. The van der Waals surface area contributed by atoms with Crippen LogP contribution in [0.5, 0.6) is 0 Å². The van der Waals surface area contributed by atoms with E-state index in [9.17, 15) is 4.39 Å². The van der Waals surface area contributed by atoms with Gasteiger partial charge >= 0.3 is 0 Å². The molecule has 0 unspecified atom stereocenters. The van der Waals surface area contributed by atoms with Crippen molar-refractivity contribution in [2.75, 3.05) is 5.32 Å². The highest BCUT2D eigenvalue weighted by Gasteiger charge is 2.12. The van der Waals surface area contributed by atoms with Gasteiger partial charge in [-0.15, -0.1) is 10.2 Å². The lowest BCUT2D eigenvalue weighted by atomic mass is 10.2. The van der Waals surface area contributed by atoms with Gasteiger partial charge in [0, 0.05) is 6.20 Å². The Bertz CT molecular complexity index is 739. The molecule has 9 heteroatoms. The number of tetrazole rings is 1. The second-order valence-corrected chi connectivity index (χ2v) is 4.24. The number of halogens is 2. The van der Waals surface area contributed by atoms with Crippen LogP contribution in [0, 0.1) is 28.5 Å². The maximum Gasteiger partial charge on any atom is 0.216 e. The molecule has 0 bridgehead atoms. The van der Waals surface area contributed by atoms with Crippen LogP contribution in [-0.2, 0) is 0 Å². The topological polar surface area (TPSA) is 114 Å². The van der Waals surface area contributed by atoms with E-state index in [1.807, 2.05) is 12.1 Å². The van der Waals surface area contributed by atoms with Crippen molar-refractivity contribution >= 4 is 27.2 Å². The third kappa shape index (κ3) is 2.63. The highest BCUT2D eigenvalue weighted by Crippen LogP contribution is 2.29. The van der Waals surface area contributed by atoms with Crippen LogP contribution in [0.15, 0.2) is 22.8 Å². The molecule has 0 amide bonds. The molecule has 0 saturated heterocycles. The number of H-pyrrole nitrogens is 1. The summed E-state index contributed by atoms with van der Waals surface area (Å²) in [5, 5.41) is 33.5. The number of anilines is 1. The van der Waals surface area contributed by atoms with Crippen molar-refractivity contribution < 1.29 is 4.39 Å². The highest BCUT2D eigenvalue weighted by molar-refractivity contribution is 9.10. The molecule has 1 aromatic carbocycles. The minimum Gasteiger partial charge on any atom is -0.358 e. The molecule has 2 aromatic rings. The number of hydrogen-bond donors (Lipinski definition) is 2. The summed E-state index contributed by atoms with van der Waals surface area (Å²) >= 11 is 3.04. The lowest BCUT2D eigenvalue weighted by Crippen LogP contribution is -1.98. The van der Waals surface area contributed by atoms with Crippen molar-refractivity contribution in [2.24, 2.45) is 0 Å². The fourth-order valence-corrected chi connectivity index (χ4v) is 1.81. The number of rotatable bonds is 3. The van der Waals surface area contributed by atoms with Gasteiger partial charge in [0.2, 0.25) is 5.82 Å². The van der Waals surface area contributed by atoms with E-state index in [1.54, 1.807) is 0 Å². The third-order valence-electron chi connectivity index (χ3n) is 2.28. The van der Waals surface area contributed by atoms with Crippen molar-refractivity contribution in [1.82, 2.24) is 20.6 Å². The molecule has 0 aliphatic heterocycles. The van der Waals surface area contributed by atoms with E-state index in [4.69, 9.17) is 10.5 Å². The monoisotopic (exact) mass is 333 g/mol. The normalized spacial score (nSPS) is 10.7. The predicted molar refractivity (Wildman–Crippen MR) is 70.2 cm³/mol. The number of nitriles is 2. The summed E-state index contributed by atoms with van der Waals surface area (Å²) in [5.41, 5.74) is 0.516. The largest absolute Gasteiger partial charge is 0.358 e. The minimum absolute atomic E-state index is 0.0822. The molecule has 1 heterocycles. The van der Waals surface area contributed by atoms with Crippen LogP contribution in [0.2, 0.25) is 0 Å². The second-order valence-electron chi connectivity index (χ2n) is 3.45. The smallest absolute Gasteiger partial charge is 0.216 e. The van der Waals surface area contributed by atoms with Crippen LogP contribution in [0.4, 0.5) is 10.1 Å². The first-order valence-electron chi connectivity index (χ1n) is 5.16. The molecular formula is C11H5BrFN7. The average molecular weight is 334 g/mol. The summed E-state index contributed by atoms with van der Waals surface area (Å²) in [5.74, 6) is -0.441. The zero-order valence-electron chi connectivity index (χ0n) is 9.72. The molecule has 0 radical (unpaired) electrons. The number of aromatic nitrogens is 4. The Balaban J connectivity index is 2.38. The number of nitrogens with one attached hydrogen (secondary N) is 2. The molecule has 0 fully saturated rings. The lowest BCUT2D eigenvalue weighted by Gasteiger charge is -2.07. The van der Waals surface area contributed by atoms with Gasteiger partial charge in [-0.05, 0) is 33.3 Å².